The number of Topliss-reactive ketones (excluding diaryl/α,β-unsaturated/α-hetero) is 2. The second kappa shape index (κ2) is 11.2. The van der Waals surface area contributed by atoms with E-state index >= 15 is 0 Å². The second-order valence-corrected chi connectivity index (χ2v) is 12.3. The van der Waals surface area contributed by atoms with Gasteiger partial charge >= 0.3 is 0 Å². The fraction of sp³-hybridized carbons (Fsp3) is 0.212. The number of rotatable bonds is 7. The van der Waals surface area contributed by atoms with Crippen molar-refractivity contribution in [1.29, 1.82) is 0 Å². The number of ketones is 2. The maximum absolute atomic E-state index is 14.2. The minimum Gasteiger partial charge on any atom is -0.340 e. The van der Waals surface area contributed by atoms with Crippen molar-refractivity contribution in [3.8, 4) is 0 Å². The highest BCUT2D eigenvalue weighted by atomic mass is 35.6. The summed E-state index contributed by atoms with van der Waals surface area (Å²) in [4.78, 5) is 28.2. The summed E-state index contributed by atoms with van der Waals surface area (Å²) in [5, 5.41) is 0. The van der Waals surface area contributed by atoms with Crippen LogP contribution in [0.25, 0.3) is 0 Å². The predicted octanol–water partition coefficient (Wildman–Crippen LogP) is 7.03. The third kappa shape index (κ3) is 4.77. The van der Waals surface area contributed by atoms with Crippen molar-refractivity contribution in [2.45, 2.75) is 27.1 Å². The zero-order valence-corrected chi connectivity index (χ0v) is 24.4. The third-order valence-corrected chi connectivity index (χ3v) is 8.30. The molecule has 2 aliphatic rings. The molecule has 2 aliphatic heterocycles. The molecule has 4 unspecified atom stereocenters. The smallest absolute Gasteiger partial charge is 0.261 e. The van der Waals surface area contributed by atoms with Crippen LogP contribution in [0.15, 0.2) is 121 Å². The first-order valence-electron chi connectivity index (χ1n) is 13.3. The van der Waals surface area contributed by atoms with Crippen LogP contribution in [0.4, 0.5) is 0 Å². The maximum Gasteiger partial charge on any atom is 0.261 e. The van der Waals surface area contributed by atoms with Crippen molar-refractivity contribution in [3.63, 3.8) is 0 Å². The van der Waals surface area contributed by atoms with Gasteiger partial charge in [-0.2, -0.15) is 0 Å². The average Bonchev–Trinajstić information content (AvgIpc) is 3.68. The minimum atomic E-state index is -2.28. The van der Waals surface area contributed by atoms with Crippen molar-refractivity contribution in [3.05, 3.63) is 144 Å². The predicted molar refractivity (Wildman–Crippen MR) is 159 cm³/mol. The first-order chi connectivity index (χ1) is 20.2. The first-order valence-corrected chi connectivity index (χ1v) is 14.4. The molecule has 6 nitrogen and oxygen atoms in total. The topological polar surface area (TPSA) is 71.1 Å². The lowest BCUT2D eigenvalue weighted by Gasteiger charge is -2.40. The molecule has 0 saturated carbocycles. The van der Waals surface area contributed by atoms with E-state index in [4.69, 9.17) is 53.8 Å². The minimum absolute atomic E-state index is 0.244. The van der Waals surface area contributed by atoms with Gasteiger partial charge in [0.25, 0.3) is 5.79 Å². The molecule has 0 N–H and O–H groups in total. The Bertz CT molecular complexity index is 1570. The Morgan fingerprint density at radius 1 is 0.643 bits per heavy atom. The van der Waals surface area contributed by atoms with E-state index < -0.39 is 32.9 Å². The fourth-order valence-electron chi connectivity index (χ4n) is 5.41. The van der Waals surface area contributed by atoms with E-state index in [2.05, 4.69) is 0 Å². The van der Waals surface area contributed by atoms with Gasteiger partial charge in [-0.05, 0) is 5.56 Å². The Morgan fingerprint density at radius 3 is 1.64 bits per heavy atom. The molecule has 2 saturated heterocycles. The number of carbonyl (C=O) groups is 2. The molecule has 9 heteroatoms. The highest BCUT2D eigenvalue weighted by molar-refractivity contribution is 6.68. The highest BCUT2D eigenvalue weighted by Crippen LogP contribution is 2.56. The van der Waals surface area contributed by atoms with Gasteiger partial charge < -0.3 is 18.9 Å². The van der Waals surface area contributed by atoms with Crippen LogP contribution in [-0.2, 0) is 30.3 Å². The van der Waals surface area contributed by atoms with Crippen LogP contribution < -0.4 is 0 Å². The summed E-state index contributed by atoms with van der Waals surface area (Å²) in [6.07, 6.45) is -1.24. The lowest BCUT2D eigenvalue weighted by Crippen LogP contribution is -2.57. The van der Waals surface area contributed by atoms with Gasteiger partial charge in [0.15, 0.2) is 5.60 Å². The molecule has 0 aromatic heterocycles. The quantitative estimate of drug-likeness (QED) is 0.163. The molecule has 2 fully saturated rings. The SMILES string of the molecule is O=C(c1ccccc1)C1(c2ccccc2)COC(C2COC(C(=O)c3ccccc3)(c3ccccc3)O2)(C(Cl)(Cl)Cl)O1. The number of benzene rings is 4. The highest BCUT2D eigenvalue weighted by Gasteiger charge is 2.71. The van der Waals surface area contributed by atoms with Crippen molar-refractivity contribution in [2.75, 3.05) is 13.2 Å². The monoisotopic (exact) mass is 622 g/mol. The second-order valence-electron chi connectivity index (χ2n) is 10.0. The third-order valence-electron chi connectivity index (χ3n) is 7.51. The van der Waals surface area contributed by atoms with Crippen LogP contribution >= 0.6 is 34.8 Å². The Balaban J connectivity index is 1.45. The van der Waals surface area contributed by atoms with E-state index in [1.165, 1.54) is 0 Å². The standard InChI is InChI=1S/C33H25Cl3O6/c34-33(35,36)32(40-22-30(42-32,25-17-9-3-10-18-25)28(37)23-13-5-1-6-14-23)27-21-39-31(41-27,26-19-11-4-12-20-26)29(38)24-15-7-2-8-16-24/h1-20,27H,21-22H2. The Kier molecular flexibility index (Phi) is 7.75. The summed E-state index contributed by atoms with van der Waals surface area (Å²) in [6, 6.07) is 34.9. The van der Waals surface area contributed by atoms with Gasteiger partial charge in [0.05, 0.1) is 13.2 Å². The van der Waals surface area contributed by atoms with Crippen LogP contribution in [0.5, 0.6) is 0 Å². The van der Waals surface area contributed by atoms with E-state index in [1.54, 1.807) is 109 Å². The fourth-order valence-corrected chi connectivity index (χ4v) is 6.05. The molecular formula is C33H25Cl3O6. The largest absolute Gasteiger partial charge is 0.340 e. The maximum atomic E-state index is 14.2. The van der Waals surface area contributed by atoms with Crippen LogP contribution in [0.2, 0.25) is 0 Å². The van der Waals surface area contributed by atoms with Crippen LogP contribution in [-0.4, -0.2) is 40.5 Å². The molecule has 0 bridgehead atoms. The summed E-state index contributed by atoms with van der Waals surface area (Å²) < 4.78 is 23.3. The van der Waals surface area contributed by atoms with E-state index in [9.17, 15) is 9.59 Å². The molecule has 0 spiro atoms. The molecule has 0 radical (unpaired) electrons. The van der Waals surface area contributed by atoms with Crippen LogP contribution in [0, 0.1) is 0 Å². The van der Waals surface area contributed by atoms with Crippen molar-refractivity contribution < 1.29 is 28.5 Å². The van der Waals surface area contributed by atoms with E-state index in [1.807, 2.05) is 12.1 Å². The summed E-state index contributed by atoms with van der Waals surface area (Å²) in [6.45, 7) is -0.532. The van der Waals surface area contributed by atoms with Crippen LogP contribution in [0.3, 0.4) is 0 Å². The molecule has 0 aliphatic carbocycles. The normalized spacial score (nSPS) is 27.5. The summed E-state index contributed by atoms with van der Waals surface area (Å²) in [7, 11) is 0. The van der Waals surface area contributed by atoms with Gasteiger partial charge in [-0.25, -0.2) is 0 Å². The molecule has 4 aromatic rings. The van der Waals surface area contributed by atoms with Crippen molar-refractivity contribution >= 4 is 46.4 Å². The molecule has 214 valence electrons. The Labute approximate surface area is 258 Å². The average molecular weight is 624 g/mol. The van der Waals surface area contributed by atoms with Crippen molar-refractivity contribution in [1.82, 2.24) is 0 Å². The van der Waals surface area contributed by atoms with E-state index in [-0.39, 0.29) is 19.0 Å². The molecule has 0 amide bonds. The number of hydrogen-bond acceptors (Lipinski definition) is 6. The van der Waals surface area contributed by atoms with Gasteiger partial charge in [0, 0.05) is 16.7 Å². The summed E-state index contributed by atoms with van der Waals surface area (Å²) >= 11 is 19.9. The number of hydrogen-bond donors (Lipinski definition) is 0. The summed E-state index contributed by atoms with van der Waals surface area (Å²) in [5.74, 6) is -4.89. The van der Waals surface area contributed by atoms with Gasteiger partial charge in [-0.3, -0.25) is 9.59 Å². The number of carbonyl (C=O) groups excluding carboxylic acids is 2. The van der Waals surface area contributed by atoms with E-state index in [0.717, 1.165) is 0 Å². The van der Waals surface area contributed by atoms with Gasteiger partial charge in [-0.15, -0.1) is 0 Å². The van der Waals surface area contributed by atoms with Gasteiger partial charge in [0.1, 0.15) is 6.10 Å². The van der Waals surface area contributed by atoms with Gasteiger partial charge in [-0.1, -0.05) is 156 Å². The number of halogens is 3. The van der Waals surface area contributed by atoms with Crippen LogP contribution in [0.1, 0.15) is 31.8 Å². The first kappa shape index (κ1) is 29.0. The molecule has 4 atom stereocenters. The molecule has 2 heterocycles. The number of ether oxygens (including phenoxy) is 4. The lowest BCUT2D eigenvalue weighted by molar-refractivity contribution is -0.252. The molecule has 4 aromatic carbocycles. The molecular weight excluding hydrogens is 599 g/mol. The number of alkyl halides is 3. The van der Waals surface area contributed by atoms with Gasteiger partial charge in [0.2, 0.25) is 21.1 Å². The zero-order chi connectivity index (χ0) is 29.4. The summed E-state index contributed by atoms with van der Waals surface area (Å²) in [5.41, 5.74) is -0.0168. The Hall–Kier alpha value is -3.07. The van der Waals surface area contributed by atoms with E-state index in [0.29, 0.717) is 22.3 Å². The lowest BCUT2D eigenvalue weighted by atomic mass is 9.86. The zero-order valence-electron chi connectivity index (χ0n) is 22.1. The molecule has 6 rings (SSSR count). The molecule has 42 heavy (non-hydrogen) atoms. The van der Waals surface area contributed by atoms with Crippen molar-refractivity contribution in [2.24, 2.45) is 0 Å². The Morgan fingerprint density at radius 2 is 1.12 bits per heavy atom.